The smallest absolute Gasteiger partial charge is 0.261 e. The van der Waals surface area contributed by atoms with Crippen molar-refractivity contribution in [3.8, 4) is 0 Å². The average Bonchev–Trinajstić information content (AvgIpc) is 2.88. The molecular formula is C16H15N2S+. The van der Waals surface area contributed by atoms with E-state index in [-0.39, 0.29) is 0 Å². The molecule has 3 aromatic rings. The molecule has 3 heteroatoms. The van der Waals surface area contributed by atoms with Gasteiger partial charge in [-0.15, -0.1) is 0 Å². The molecule has 94 valence electrons. The summed E-state index contributed by atoms with van der Waals surface area (Å²) in [6.45, 7) is 0. The lowest BCUT2D eigenvalue weighted by Crippen LogP contribution is -1.99. The van der Waals surface area contributed by atoms with Crippen LogP contribution >= 0.6 is 11.3 Å². The number of nitrogens with one attached hydrogen (secondary N) is 2. The van der Waals surface area contributed by atoms with E-state index < -0.39 is 0 Å². The summed E-state index contributed by atoms with van der Waals surface area (Å²) in [5.41, 5.74) is 3.52. The molecule has 19 heavy (non-hydrogen) atoms. The maximum atomic E-state index is 3.41. The molecule has 1 heterocycles. The van der Waals surface area contributed by atoms with Crippen LogP contribution in [0.3, 0.4) is 0 Å². The molecule has 2 nitrogen and oxygen atoms in total. The van der Waals surface area contributed by atoms with Gasteiger partial charge in [-0.05, 0) is 29.8 Å². The van der Waals surface area contributed by atoms with Crippen LogP contribution in [0.1, 0.15) is 10.6 Å². The standard InChI is InChI=1S/C16H14N2S/c1-17-13-9-6-12(7-10-13)8-11-16-18-14-4-2-3-5-15(14)19-16/h2-11,17H,1H3/p+1/b11-8+. The number of aromatic nitrogens is 1. The van der Waals surface area contributed by atoms with Gasteiger partial charge in [-0.2, -0.15) is 4.98 Å². The Morgan fingerprint density at radius 1 is 1.00 bits per heavy atom. The van der Waals surface area contributed by atoms with Gasteiger partial charge in [-0.25, -0.2) is 0 Å². The van der Waals surface area contributed by atoms with E-state index in [1.807, 2.05) is 7.05 Å². The molecule has 0 bridgehead atoms. The van der Waals surface area contributed by atoms with E-state index in [4.69, 9.17) is 0 Å². The Morgan fingerprint density at radius 2 is 1.79 bits per heavy atom. The number of aromatic amines is 1. The minimum atomic E-state index is 1.13. The zero-order valence-corrected chi connectivity index (χ0v) is 11.5. The first-order valence-corrected chi connectivity index (χ1v) is 7.03. The van der Waals surface area contributed by atoms with E-state index in [0.717, 1.165) is 5.69 Å². The Kier molecular flexibility index (Phi) is 3.29. The lowest BCUT2D eigenvalue weighted by molar-refractivity contribution is -0.340. The molecule has 0 aliphatic rings. The number of anilines is 1. The summed E-state index contributed by atoms with van der Waals surface area (Å²) >= 11 is 1.77. The highest BCUT2D eigenvalue weighted by Crippen LogP contribution is 2.19. The zero-order valence-electron chi connectivity index (χ0n) is 10.7. The van der Waals surface area contributed by atoms with Gasteiger partial charge in [0.15, 0.2) is 0 Å². The molecule has 0 aliphatic heterocycles. The molecule has 0 amide bonds. The van der Waals surface area contributed by atoms with Crippen molar-refractivity contribution in [2.24, 2.45) is 0 Å². The van der Waals surface area contributed by atoms with Crippen molar-refractivity contribution in [3.05, 3.63) is 59.1 Å². The number of rotatable bonds is 3. The number of benzene rings is 2. The van der Waals surface area contributed by atoms with Gasteiger partial charge in [0.2, 0.25) is 5.52 Å². The molecule has 0 fully saturated rings. The minimum Gasteiger partial charge on any atom is -0.388 e. The number of hydrogen-bond acceptors (Lipinski definition) is 2. The highest BCUT2D eigenvalue weighted by atomic mass is 32.1. The summed E-state index contributed by atoms with van der Waals surface area (Å²) in [6, 6.07) is 16.7. The van der Waals surface area contributed by atoms with E-state index in [2.05, 4.69) is 71.0 Å². The lowest BCUT2D eigenvalue weighted by atomic mass is 10.2. The third-order valence-electron chi connectivity index (χ3n) is 2.99. The van der Waals surface area contributed by atoms with E-state index in [1.54, 1.807) is 11.3 Å². The Morgan fingerprint density at radius 3 is 2.53 bits per heavy atom. The molecule has 0 saturated heterocycles. The molecule has 2 N–H and O–H groups in total. The predicted molar refractivity (Wildman–Crippen MR) is 83.3 cm³/mol. The molecule has 0 radical (unpaired) electrons. The van der Waals surface area contributed by atoms with Crippen LogP contribution in [0, 0.1) is 0 Å². The van der Waals surface area contributed by atoms with E-state index in [1.165, 1.54) is 20.8 Å². The van der Waals surface area contributed by atoms with E-state index in [0.29, 0.717) is 0 Å². The second-order valence-corrected chi connectivity index (χ2v) is 5.38. The summed E-state index contributed by atoms with van der Waals surface area (Å²) < 4.78 is 1.28. The molecule has 0 unspecified atom stereocenters. The lowest BCUT2D eigenvalue weighted by Gasteiger charge is -1.98. The van der Waals surface area contributed by atoms with Gasteiger partial charge < -0.3 is 5.32 Å². The van der Waals surface area contributed by atoms with Crippen LogP contribution in [-0.2, 0) is 0 Å². The highest BCUT2D eigenvalue weighted by molar-refractivity contribution is 7.18. The Labute approximate surface area is 116 Å². The second-order valence-electron chi connectivity index (χ2n) is 4.29. The molecule has 1 aromatic heterocycles. The summed E-state index contributed by atoms with van der Waals surface area (Å²) in [4.78, 5) is 3.41. The normalized spacial score (nSPS) is 11.2. The fourth-order valence-corrected chi connectivity index (χ4v) is 2.85. The molecule has 0 spiro atoms. The molecule has 0 aliphatic carbocycles. The van der Waals surface area contributed by atoms with Crippen LogP contribution in [0.5, 0.6) is 0 Å². The van der Waals surface area contributed by atoms with Crippen molar-refractivity contribution in [3.63, 3.8) is 0 Å². The van der Waals surface area contributed by atoms with Crippen molar-refractivity contribution in [2.45, 2.75) is 0 Å². The van der Waals surface area contributed by atoms with Gasteiger partial charge in [0.25, 0.3) is 5.01 Å². The van der Waals surface area contributed by atoms with Gasteiger partial charge in [-0.3, -0.25) is 0 Å². The maximum absolute atomic E-state index is 3.41. The summed E-state index contributed by atoms with van der Waals surface area (Å²) in [6.07, 6.45) is 4.25. The Bertz CT molecular complexity index is 678. The number of para-hydroxylation sites is 1. The minimum absolute atomic E-state index is 1.13. The summed E-state index contributed by atoms with van der Waals surface area (Å²) in [5, 5.41) is 4.28. The second kappa shape index (κ2) is 5.24. The van der Waals surface area contributed by atoms with Crippen LogP contribution in [0.2, 0.25) is 0 Å². The third kappa shape index (κ3) is 2.66. The quantitative estimate of drug-likeness (QED) is 0.764. The third-order valence-corrected chi connectivity index (χ3v) is 4.03. The van der Waals surface area contributed by atoms with Crippen LogP contribution in [-0.4, -0.2) is 7.05 Å². The number of H-pyrrole nitrogens is 1. The van der Waals surface area contributed by atoms with Crippen LogP contribution < -0.4 is 10.3 Å². The fraction of sp³-hybridized carbons (Fsp3) is 0.0625. The van der Waals surface area contributed by atoms with Crippen molar-refractivity contribution in [2.75, 3.05) is 12.4 Å². The monoisotopic (exact) mass is 267 g/mol. The molecule has 0 atom stereocenters. The molecule has 2 aromatic carbocycles. The van der Waals surface area contributed by atoms with Gasteiger partial charge in [0, 0.05) is 24.9 Å². The summed E-state index contributed by atoms with van der Waals surface area (Å²) in [5.74, 6) is 0. The largest absolute Gasteiger partial charge is 0.388 e. The fourth-order valence-electron chi connectivity index (χ4n) is 1.94. The first-order chi connectivity index (χ1) is 9.35. The van der Waals surface area contributed by atoms with Gasteiger partial charge >= 0.3 is 0 Å². The predicted octanol–water partition coefficient (Wildman–Crippen LogP) is 3.93. The zero-order chi connectivity index (χ0) is 13.1. The number of hydrogen-bond donors (Lipinski definition) is 1. The topological polar surface area (TPSA) is 26.2 Å². The molecule has 3 rings (SSSR count). The molecule has 0 saturated carbocycles. The van der Waals surface area contributed by atoms with Crippen molar-refractivity contribution in [1.29, 1.82) is 0 Å². The van der Waals surface area contributed by atoms with Gasteiger partial charge in [0.05, 0.1) is 0 Å². The van der Waals surface area contributed by atoms with Crippen LogP contribution in [0.15, 0.2) is 48.5 Å². The first kappa shape index (κ1) is 11.9. The Balaban J connectivity index is 1.84. The van der Waals surface area contributed by atoms with Crippen LogP contribution in [0.4, 0.5) is 5.69 Å². The Hall–Kier alpha value is -2.13. The van der Waals surface area contributed by atoms with Gasteiger partial charge in [0.1, 0.15) is 4.70 Å². The number of fused-ring (bicyclic) bond motifs is 1. The molecular weight excluding hydrogens is 252 g/mol. The highest BCUT2D eigenvalue weighted by Gasteiger charge is 2.06. The van der Waals surface area contributed by atoms with E-state index >= 15 is 0 Å². The SMILES string of the molecule is CNc1ccc(/C=C/c2[nH+]c3ccccc3s2)cc1. The van der Waals surface area contributed by atoms with Crippen molar-refractivity contribution < 1.29 is 4.98 Å². The number of thiazole rings is 1. The van der Waals surface area contributed by atoms with E-state index in [9.17, 15) is 0 Å². The average molecular weight is 267 g/mol. The van der Waals surface area contributed by atoms with Crippen LogP contribution in [0.25, 0.3) is 22.4 Å². The van der Waals surface area contributed by atoms with Crippen molar-refractivity contribution >= 4 is 39.4 Å². The summed E-state index contributed by atoms with van der Waals surface area (Å²) in [7, 11) is 1.93. The van der Waals surface area contributed by atoms with Gasteiger partial charge in [-0.1, -0.05) is 35.6 Å². The van der Waals surface area contributed by atoms with Crippen molar-refractivity contribution in [1.82, 2.24) is 0 Å². The maximum Gasteiger partial charge on any atom is 0.261 e. The first-order valence-electron chi connectivity index (χ1n) is 6.22.